The quantitative estimate of drug-likeness (QED) is 0.929. The van der Waals surface area contributed by atoms with E-state index >= 15 is 0 Å². The number of furan rings is 1. The molecule has 0 fully saturated rings. The Morgan fingerprint density at radius 3 is 2.74 bits per heavy atom. The first-order valence-electron chi connectivity index (χ1n) is 5.87. The monoisotopic (exact) mass is 323 g/mol. The number of carbonyl (C=O) groups excluding carboxylic acids is 1. The molecule has 1 amide bonds. The standard InChI is InChI=1S/C14H14BrNO3/c1-3-9-8-10(4-5-11(9)18-2)16-14(17)12-6-7-13(15)19-12/h4-8H,3H2,1-2H3,(H,16,17). The second-order valence-electron chi connectivity index (χ2n) is 3.94. The molecule has 0 saturated carbocycles. The summed E-state index contributed by atoms with van der Waals surface area (Å²) < 4.78 is 11.0. The number of rotatable bonds is 4. The van der Waals surface area contributed by atoms with Crippen LogP contribution >= 0.6 is 15.9 Å². The number of nitrogens with one attached hydrogen (secondary N) is 1. The SMILES string of the molecule is CCc1cc(NC(=O)c2ccc(Br)o2)ccc1OC. The number of carbonyl (C=O) groups is 1. The lowest BCUT2D eigenvalue weighted by molar-refractivity contribution is 0.0995. The highest BCUT2D eigenvalue weighted by Gasteiger charge is 2.11. The van der Waals surface area contributed by atoms with Gasteiger partial charge >= 0.3 is 0 Å². The summed E-state index contributed by atoms with van der Waals surface area (Å²) in [6, 6.07) is 8.83. The first-order chi connectivity index (χ1) is 9.13. The molecule has 1 aromatic carbocycles. The molecule has 4 nitrogen and oxygen atoms in total. The predicted octanol–water partition coefficient (Wildman–Crippen LogP) is 3.87. The van der Waals surface area contributed by atoms with Crippen LogP contribution in [-0.2, 0) is 6.42 Å². The lowest BCUT2D eigenvalue weighted by atomic mass is 10.1. The van der Waals surface area contributed by atoms with Gasteiger partial charge in [-0.2, -0.15) is 0 Å². The second-order valence-corrected chi connectivity index (χ2v) is 4.72. The van der Waals surface area contributed by atoms with E-state index in [2.05, 4.69) is 21.2 Å². The highest BCUT2D eigenvalue weighted by Crippen LogP contribution is 2.23. The lowest BCUT2D eigenvalue weighted by Crippen LogP contribution is -2.11. The summed E-state index contributed by atoms with van der Waals surface area (Å²) in [5.74, 6) is 0.805. The van der Waals surface area contributed by atoms with E-state index in [-0.39, 0.29) is 11.7 Å². The lowest BCUT2D eigenvalue weighted by Gasteiger charge is -2.09. The maximum Gasteiger partial charge on any atom is 0.291 e. The fourth-order valence-electron chi connectivity index (χ4n) is 1.76. The Bertz CT molecular complexity index is 592. The van der Waals surface area contributed by atoms with Gasteiger partial charge in [0.25, 0.3) is 5.91 Å². The Morgan fingerprint density at radius 1 is 1.37 bits per heavy atom. The molecule has 19 heavy (non-hydrogen) atoms. The minimum atomic E-state index is -0.280. The van der Waals surface area contributed by atoms with Crippen LogP contribution in [-0.4, -0.2) is 13.0 Å². The maximum absolute atomic E-state index is 11.9. The van der Waals surface area contributed by atoms with Crippen molar-refractivity contribution >= 4 is 27.5 Å². The van der Waals surface area contributed by atoms with E-state index in [0.29, 0.717) is 4.67 Å². The Balaban J connectivity index is 2.17. The van der Waals surface area contributed by atoms with Gasteiger partial charge in [-0.15, -0.1) is 0 Å². The summed E-state index contributed by atoms with van der Waals surface area (Å²) in [6.07, 6.45) is 0.833. The van der Waals surface area contributed by atoms with Crippen molar-refractivity contribution in [2.75, 3.05) is 12.4 Å². The van der Waals surface area contributed by atoms with Crippen LogP contribution in [0.25, 0.3) is 0 Å². The smallest absolute Gasteiger partial charge is 0.291 e. The largest absolute Gasteiger partial charge is 0.496 e. The topological polar surface area (TPSA) is 51.5 Å². The number of ether oxygens (including phenoxy) is 1. The van der Waals surface area contributed by atoms with Gasteiger partial charge in [0, 0.05) is 5.69 Å². The van der Waals surface area contributed by atoms with E-state index in [4.69, 9.17) is 9.15 Å². The van der Waals surface area contributed by atoms with Gasteiger partial charge in [-0.25, -0.2) is 0 Å². The fourth-order valence-corrected chi connectivity index (χ4v) is 2.07. The molecule has 1 N–H and O–H groups in total. The Hall–Kier alpha value is -1.75. The van der Waals surface area contributed by atoms with Crippen molar-refractivity contribution in [2.45, 2.75) is 13.3 Å². The van der Waals surface area contributed by atoms with E-state index in [1.165, 1.54) is 0 Å². The number of anilines is 1. The Kier molecular flexibility index (Phi) is 4.27. The van der Waals surface area contributed by atoms with Gasteiger partial charge in [-0.05, 0) is 58.2 Å². The first kappa shape index (κ1) is 13.7. The number of amides is 1. The molecule has 0 aliphatic carbocycles. The number of benzene rings is 1. The van der Waals surface area contributed by atoms with Crippen molar-refractivity contribution in [2.24, 2.45) is 0 Å². The molecule has 0 aliphatic rings. The number of aryl methyl sites for hydroxylation is 1. The van der Waals surface area contributed by atoms with Gasteiger partial charge in [-0.1, -0.05) is 6.92 Å². The van der Waals surface area contributed by atoms with E-state index in [0.717, 1.165) is 23.4 Å². The molecule has 2 rings (SSSR count). The Labute approximate surface area is 119 Å². The third-order valence-corrected chi connectivity index (χ3v) is 3.14. The highest BCUT2D eigenvalue weighted by molar-refractivity contribution is 9.10. The maximum atomic E-state index is 11.9. The van der Waals surface area contributed by atoms with Gasteiger partial charge in [-0.3, -0.25) is 4.79 Å². The average Bonchev–Trinajstić information content (AvgIpc) is 2.85. The van der Waals surface area contributed by atoms with Crippen molar-refractivity contribution in [1.82, 2.24) is 0 Å². The van der Waals surface area contributed by atoms with Crippen LogP contribution in [0.15, 0.2) is 39.4 Å². The molecule has 1 heterocycles. The van der Waals surface area contributed by atoms with Gasteiger partial charge in [0.1, 0.15) is 5.75 Å². The summed E-state index contributed by atoms with van der Waals surface area (Å²) >= 11 is 3.16. The zero-order chi connectivity index (χ0) is 13.8. The van der Waals surface area contributed by atoms with Crippen LogP contribution in [0.3, 0.4) is 0 Å². The predicted molar refractivity (Wildman–Crippen MR) is 76.7 cm³/mol. The molecular formula is C14H14BrNO3. The number of methoxy groups -OCH3 is 1. The summed E-state index contributed by atoms with van der Waals surface area (Å²) in [5, 5.41) is 2.79. The van der Waals surface area contributed by atoms with Crippen molar-refractivity contribution in [3.8, 4) is 5.75 Å². The third-order valence-electron chi connectivity index (χ3n) is 2.72. The minimum absolute atomic E-state index is 0.265. The first-order valence-corrected chi connectivity index (χ1v) is 6.67. The molecule has 0 unspecified atom stereocenters. The van der Waals surface area contributed by atoms with Crippen LogP contribution in [0.5, 0.6) is 5.75 Å². The van der Waals surface area contributed by atoms with Gasteiger partial charge < -0.3 is 14.5 Å². The summed E-state index contributed by atoms with van der Waals surface area (Å²) in [7, 11) is 1.63. The van der Waals surface area contributed by atoms with Gasteiger partial charge in [0.2, 0.25) is 0 Å². The van der Waals surface area contributed by atoms with Crippen molar-refractivity contribution in [3.63, 3.8) is 0 Å². The second kappa shape index (κ2) is 5.93. The van der Waals surface area contributed by atoms with Crippen molar-refractivity contribution < 1.29 is 13.9 Å². The zero-order valence-corrected chi connectivity index (χ0v) is 12.3. The molecule has 0 saturated heterocycles. The summed E-state index contributed by atoms with van der Waals surface area (Å²) in [4.78, 5) is 11.9. The summed E-state index contributed by atoms with van der Waals surface area (Å²) in [5.41, 5.74) is 1.76. The van der Waals surface area contributed by atoms with Crippen LogP contribution in [0, 0.1) is 0 Å². The molecule has 100 valence electrons. The number of hydrogen-bond donors (Lipinski definition) is 1. The molecular weight excluding hydrogens is 310 g/mol. The molecule has 0 radical (unpaired) electrons. The van der Waals surface area contributed by atoms with Crippen molar-refractivity contribution in [1.29, 1.82) is 0 Å². The van der Waals surface area contributed by atoms with E-state index in [1.807, 2.05) is 19.1 Å². The van der Waals surface area contributed by atoms with Crippen LogP contribution < -0.4 is 10.1 Å². The average molecular weight is 324 g/mol. The van der Waals surface area contributed by atoms with Gasteiger partial charge in [0.15, 0.2) is 10.4 Å². The van der Waals surface area contributed by atoms with E-state index in [1.54, 1.807) is 25.3 Å². The zero-order valence-electron chi connectivity index (χ0n) is 10.7. The molecule has 0 atom stereocenters. The molecule has 1 aromatic heterocycles. The number of hydrogen-bond acceptors (Lipinski definition) is 3. The van der Waals surface area contributed by atoms with Crippen LogP contribution in [0.2, 0.25) is 0 Å². The van der Waals surface area contributed by atoms with Crippen molar-refractivity contribution in [3.05, 3.63) is 46.3 Å². The third kappa shape index (κ3) is 3.17. The Morgan fingerprint density at radius 2 is 2.16 bits per heavy atom. The van der Waals surface area contributed by atoms with Crippen LogP contribution in [0.1, 0.15) is 23.0 Å². The number of halogens is 1. The fraction of sp³-hybridized carbons (Fsp3) is 0.214. The molecule has 5 heteroatoms. The molecule has 0 bridgehead atoms. The van der Waals surface area contributed by atoms with E-state index in [9.17, 15) is 4.79 Å². The normalized spacial score (nSPS) is 10.3. The highest BCUT2D eigenvalue weighted by atomic mass is 79.9. The molecule has 0 aliphatic heterocycles. The van der Waals surface area contributed by atoms with Gasteiger partial charge in [0.05, 0.1) is 7.11 Å². The minimum Gasteiger partial charge on any atom is -0.496 e. The summed E-state index contributed by atoms with van der Waals surface area (Å²) in [6.45, 7) is 2.03. The van der Waals surface area contributed by atoms with Crippen LogP contribution in [0.4, 0.5) is 5.69 Å². The molecule has 2 aromatic rings. The van der Waals surface area contributed by atoms with E-state index < -0.39 is 0 Å². The molecule has 0 spiro atoms.